The van der Waals surface area contributed by atoms with Crippen LogP contribution in [0.3, 0.4) is 0 Å². The molecular formula is C11H10N4O4S. The molecule has 1 aromatic carbocycles. The lowest BCUT2D eigenvalue weighted by atomic mass is 10.2. The van der Waals surface area contributed by atoms with E-state index in [9.17, 15) is 18.5 Å². The van der Waals surface area contributed by atoms with Crippen molar-refractivity contribution in [1.29, 1.82) is 10.5 Å². The maximum atomic E-state index is 11.9. The summed E-state index contributed by atoms with van der Waals surface area (Å²) in [4.78, 5) is 10.1. The molecule has 20 heavy (non-hydrogen) atoms. The van der Waals surface area contributed by atoms with Gasteiger partial charge in [0, 0.05) is 6.07 Å². The van der Waals surface area contributed by atoms with Gasteiger partial charge in [0.15, 0.2) is 5.25 Å². The summed E-state index contributed by atoms with van der Waals surface area (Å²) in [5.74, 6) is 0. The molecule has 1 atom stereocenters. The zero-order chi connectivity index (χ0) is 15.3. The number of benzene rings is 1. The Hall–Kier alpha value is -2.65. The first-order chi connectivity index (χ1) is 9.35. The van der Waals surface area contributed by atoms with Gasteiger partial charge in [0.1, 0.15) is 5.69 Å². The molecule has 1 N–H and O–H groups in total. The molecule has 0 fully saturated rings. The number of sulfonamides is 1. The molecule has 1 unspecified atom stereocenters. The van der Waals surface area contributed by atoms with Crippen molar-refractivity contribution in [3.63, 3.8) is 0 Å². The van der Waals surface area contributed by atoms with Crippen LogP contribution in [0.1, 0.15) is 18.9 Å². The SMILES string of the molecule is CCC(C#N)S(=O)(=O)Nc1ccc(C#N)cc1[N+](=O)[O-]. The van der Waals surface area contributed by atoms with Gasteiger partial charge in [0.25, 0.3) is 5.69 Å². The van der Waals surface area contributed by atoms with E-state index in [0.29, 0.717) is 0 Å². The fraction of sp³-hybridized carbons (Fsp3) is 0.273. The van der Waals surface area contributed by atoms with E-state index in [0.717, 1.165) is 12.1 Å². The van der Waals surface area contributed by atoms with Crippen molar-refractivity contribution in [2.24, 2.45) is 0 Å². The lowest BCUT2D eigenvalue weighted by Crippen LogP contribution is -2.26. The quantitative estimate of drug-likeness (QED) is 0.645. The van der Waals surface area contributed by atoms with Gasteiger partial charge < -0.3 is 0 Å². The number of anilines is 1. The van der Waals surface area contributed by atoms with Gasteiger partial charge in [-0.2, -0.15) is 10.5 Å². The summed E-state index contributed by atoms with van der Waals surface area (Å²) in [6, 6.07) is 6.67. The molecule has 104 valence electrons. The Labute approximate surface area is 115 Å². The molecule has 0 aliphatic rings. The van der Waals surface area contributed by atoms with Crippen LogP contribution in [-0.2, 0) is 10.0 Å². The van der Waals surface area contributed by atoms with Crippen molar-refractivity contribution in [2.45, 2.75) is 18.6 Å². The normalized spacial score (nSPS) is 11.9. The number of nitro benzene ring substituents is 1. The molecule has 0 spiro atoms. The van der Waals surface area contributed by atoms with Crippen LogP contribution in [0.4, 0.5) is 11.4 Å². The van der Waals surface area contributed by atoms with Crippen LogP contribution in [0.2, 0.25) is 0 Å². The summed E-state index contributed by atoms with van der Waals surface area (Å²) in [5.41, 5.74) is -0.782. The lowest BCUT2D eigenvalue weighted by Gasteiger charge is -2.11. The number of nitrogens with one attached hydrogen (secondary N) is 1. The summed E-state index contributed by atoms with van der Waals surface area (Å²) in [7, 11) is -4.05. The molecule has 0 heterocycles. The van der Waals surface area contributed by atoms with Crippen LogP contribution in [0, 0.1) is 32.8 Å². The maximum Gasteiger partial charge on any atom is 0.294 e. The Morgan fingerprint density at radius 3 is 2.55 bits per heavy atom. The van der Waals surface area contributed by atoms with Crippen molar-refractivity contribution in [2.75, 3.05) is 4.72 Å². The van der Waals surface area contributed by atoms with Gasteiger partial charge in [0.2, 0.25) is 10.0 Å². The molecule has 0 saturated carbocycles. The topological polar surface area (TPSA) is 137 Å². The third-order valence-electron chi connectivity index (χ3n) is 2.47. The highest BCUT2D eigenvalue weighted by Gasteiger charge is 2.26. The van der Waals surface area contributed by atoms with Crippen LogP contribution in [0.25, 0.3) is 0 Å². The van der Waals surface area contributed by atoms with Crippen LogP contribution < -0.4 is 4.72 Å². The molecular weight excluding hydrogens is 284 g/mol. The fourth-order valence-electron chi connectivity index (χ4n) is 1.44. The van der Waals surface area contributed by atoms with Crippen LogP contribution in [-0.4, -0.2) is 18.6 Å². The number of hydrogen-bond donors (Lipinski definition) is 1. The highest BCUT2D eigenvalue weighted by Crippen LogP contribution is 2.27. The largest absolute Gasteiger partial charge is 0.294 e. The molecule has 1 aromatic rings. The minimum Gasteiger partial charge on any atom is -0.276 e. The van der Waals surface area contributed by atoms with Gasteiger partial charge in [0.05, 0.1) is 22.6 Å². The van der Waals surface area contributed by atoms with Crippen molar-refractivity contribution in [3.8, 4) is 12.1 Å². The van der Waals surface area contributed by atoms with E-state index in [4.69, 9.17) is 10.5 Å². The first-order valence-electron chi connectivity index (χ1n) is 5.45. The van der Waals surface area contributed by atoms with Crippen molar-refractivity contribution in [3.05, 3.63) is 33.9 Å². The number of rotatable bonds is 5. The average molecular weight is 294 g/mol. The zero-order valence-electron chi connectivity index (χ0n) is 10.4. The number of nitriles is 2. The van der Waals surface area contributed by atoms with E-state index in [1.54, 1.807) is 12.1 Å². The Morgan fingerprint density at radius 1 is 1.45 bits per heavy atom. The minimum absolute atomic E-state index is 0.0342. The third-order valence-corrected chi connectivity index (χ3v) is 4.16. The van der Waals surface area contributed by atoms with E-state index >= 15 is 0 Å². The summed E-state index contributed by atoms with van der Waals surface area (Å²) in [6.07, 6.45) is 0.0515. The molecule has 1 rings (SSSR count). The molecule has 9 heteroatoms. The number of hydrogen-bond acceptors (Lipinski definition) is 6. The Balaban J connectivity index is 3.27. The van der Waals surface area contributed by atoms with Gasteiger partial charge in [-0.25, -0.2) is 8.42 Å². The smallest absolute Gasteiger partial charge is 0.276 e. The highest BCUT2D eigenvalue weighted by atomic mass is 32.2. The van der Waals surface area contributed by atoms with Crippen molar-refractivity contribution >= 4 is 21.4 Å². The van der Waals surface area contributed by atoms with Crippen LogP contribution in [0.15, 0.2) is 18.2 Å². The molecule has 8 nitrogen and oxygen atoms in total. The Kier molecular flexibility index (Phi) is 4.62. The second-order valence-electron chi connectivity index (χ2n) is 3.77. The zero-order valence-corrected chi connectivity index (χ0v) is 11.2. The fourth-order valence-corrected chi connectivity index (χ4v) is 2.64. The lowest BCUT2D eigenvalue weighted by molar-refractivity contribution is -0.383. The third kappa shape index (κ3) is 3.22. The van der Waals surface area contributed by atoms with E-state index in [1.807, 2.05) is 4.72 Å². The van der Waals surface area contributed by atoms with E-state index in [1.165, 1.54) is 13.0 Å². The van der Waals surface area contributed by atoms with E-state index < -0.39 is 25.9 Å². The monoisotopic (exact) mass is 294 g/mol. The van der Waals surface area contributed by atoms with Crippen molar-refractivity contribution in [1.82, 2.24) is 0 Å². The number of nitro groups is 1. The van der Waals surface area contributed by atoms with Gasteiger partial charge in [-0.15, -0.1) is 0 Å². The van der Waals surface area contributed by atoms with E-state index in [2.05, 4.69) is 0 Å². The summed E-state index contributed by atoms with van der Waals surface area (Å²) < 4.78 is 25.8. The van der Waals surface area contributed by atoms with Crippen molar-refractivity contribution < 1.29 is 13.3 Å². The number of nitrogens with zero attached hydrogens (tertiary/aromatic N) is 3. The summed E-state index contributed by atoms with van der Waals surface area (Å²) in [6.45, 7) is 1.51. The first-order valence-corrected chi connectivity index (χ1v) is 7.00. The second kappa shape index (κ2) is 5.99. The van der Waals surface area contributed by atoms with E-state index in [-0.39, 0.29) is 17.7 Å². The minimum atomic E-state index is -4.05. The molecule has 0 aliphatic carbocycles. The van der Waals surface area contributed by atoms with Gasteiger partial charge in [-0.1, -0.05) is 6.92 Å². The molecule has 0 bridgehead atoms. The second-order valence-corrected chi connectivity index (χ2v) is 5.64. The molecule has 0 aromatic heterocycles. The molecule has 0 radical (unpaired) electrons. The van der Waals surface area contributed by atoms with Crippen LogP contribution >= 0.6 is 0 Å². The first kappa shape index (κ1) is 15.4. The molecule has 0 amide bonds. The average Bonchev–Trinajstić information content (AvgIpc) is 2.39. The molecule has 0 aliphatic heterocycles. The Morgan fingerprint density at radius 2 is 2.10 bits per heavy atom. The van der Waals surface area contributed by atoms with Crippen LogP contribution in [0.5, 0.6) is 0 Å². The summed E-state index contributed by atoms with van der Waals surface area (Å²) in [5, 5.41) is 27.0. The molecule has 0 saturated heterocycles. The van der Waals surface area contributed by atoms with Gasteiger partial charge in [-0.05, 0) is 18.6 Å². The standard InChI is InChI=1S/C11H10N4O4S/c1-2-9(7-13)20(18,19)14-10-4-3-8(6-12)5-11(10)15(16)17/h3-5,9,14H,2H2,1H3. The maximum absolute atomic E-state index is 11.9. The predicted molar refractivity (Wildman–Crippen MR) is 70.0 cm³/mol. The Bertz CT molecular complexity index is 715. The predicted octanol–water partition coefficient (Wildman–Crippen LogP) is 1.51. The summed E-state index contributed by atoms with van der Waals surface area (Å²) >= 11 is 0. The van der Waals surface area contributed by atoms with Gasteiger partial charge >= 0.3 is 0 Å². The highest BCUT2D eigenvalue weighted by molar-refractivity contribution is 7.93. The van der Waals surface area contributed by atoms with Gasteiger partial charge in [-0.3, -0.25) is 14.8 Å².